The van der Waals surface area contributed by atoms with E-state index < -0.39 is 11.5 Å². The summed E-state index contributed by atoms with van der Waals surface area (Å²) in [6, 6.07) is 0. The Morgan fingerprint density at radius 3 is 2.33 bits per heavy atom. The van der Waals surface area contributed by atoms with Crippen molar-refractivity contribution in [2.75, 3.05) is 26.7 Å². The molecule has 0 aromatic heterocycles. The van der Waals surface area contributed by atoms with Gasteiger partial charge < -0.3 is 20.1 Å². The molecule has 2 rings (SSSR count). The van der Waals surface area contributed by atoms with Crippen LogP contribution in [0.15, 0.2) is 0 Å². The fraction of sp³-hybridized carbons (Fsp3) is 0.867. The molecule has 0 unspecified atom stereocenters. The molecule has 2 fully saturated rings. The van der Waals surface area contributed by atoms with Gasteiger partial charge in [-0.2, -0.15) is 0 Å². The topological polar surface area (TPSA) is 78.9 Å². The zero-order valence-corrected chi connectivity index (χ0v) is 13.0. The van der Waals surface area contributed by atoms with Crippen LogP contribution in [0.5, 0.6) is 0 Å². The smallest absolute Gasteiger partial charge is 0.305 e. The molecule has 21 heavy (non-hydrogen) atoms. The second kappa shape index (κ2) is 6.32. The Kier molecular flexibility index (Phi) is 4.88. The molecule has 0 aromatic rings. The molecule has 1 aliphatic carbocycles. The lowest BCUT2D eigenvalue weighted by molar-refractivity contribution is -0.155. The molecule has 2 aliphatic rings. The van der Waals surface area contributed by atoms with E-state index in [1.807, 2.05) is 6.92 Å². The van der Waals surface area contributed by atoms with E-state index in [-0.39, 0.29) is 24.5 Å². The first-order valence-corrected chi connectivity index (χ1v) is 7.70. The third-order valence-corrected chi connectivity index (χ3v) is 4.89. The van der Waals surface area contributed by atoms with Crippen LogP contribution < -0.4 is 5.32 Å². The van der Waals surface area contributed by atoms with Crippen LogP contribution in [-0.2, 0) is 14.3 Å². The lowest BCUT2D eigenvalue weighted by Crippen LogP contribution is -2.60. The van der Waals surface area contributed by atoms with Gasteiger partial charge in [0.1, 0.15) is 6.61 Å². The monoisotopic (exact) mass is 298 g/mol. The summed E-state index contributed by atoms with van der Waals surface area (Å²) in [4.78, 5) is 25.2. The number of likely N-dealkylation sites (N-methyl/N-ethyl adjacent to an activating group) is 1. The first-order chi connectivity index (χ1) is 9.87. The van der Waals surface area contributed by atoms with Crippen molar-refractivity contribution in [2.45, 2.75) is 56.6 Å². The van der Waals surface area contributed by atoms with Gasteiger partial charge in [0, 0.05) is 20.1 Å². The number of nitrogens with zero attached hydrogens (tertiary/aromatic N) is 1. The van der Waals surface area contributed by atoms with Crippen molar-refractivity contribution in [1.82, 2.24) is 10.2 Å². The van der Waals surface area contributed by atoms with Gasteiger partial charge in [-0.05, 0) is 19.8 Å². The van der Waals surface area contributed by atoms with Gasteiger partial charge in [0.05, 0.1) is 17.6 Å². The maximum Gasteiger partial charge on any atom is 0.305 e. The quantitative estimate of drug-likeness (QED) is 0.765. The lowest BCUT2D eigenvalue weighted by atomic mass is 9.78. The van der Waals surface area contributed by atoms with Crippen LogP contribution in [0.1, 0.15) is 45.4 Å². The minimum Gasteiger partial charge on any atom is -0.481 e. The number of ether oxygens (including phenoxy) is 1. The third-order valence-electron chi connectivity index (χ3n) is 4.89. The number of carboxylic acids is 1. The van der Waals surface area contributed by atoms with Crippen molar-refractivity contribution in [3.63, 3.8) is 0 Å². The van der Waals surface area contributed by atoms with Gasteiger partial charge in [-0.1, -0.05) is 19.3 Å². The maximum absolute atomic E-state index is 12.4. The molecule has 2 N–H and O–H groups in total. The molecule has 0 spiro atoms. The first kappa shape index (κ1) is 16.2. The highest BCUT2D eigenvalue weighted by molar-refractivity contribution is 5.79. The summed E-state index contributed by atoms with van der Waals surface area (Å²) in [5.74, 6) is -0.959. The van der Waals surface area contributed by atoms with Crippen LogP contribution in [-0.4, -0.2) is 59.8 Å². The molecule has 1 saturated heterocycles. The highest BCUT2D eigenvalue weighted by Gasteiger charge is 2.41. The SMILES string of the molecule is CN(C(=O)COC1(C)CNC1)C1(CC(=O)O)CCCCC1. The van der Waals surface area contributed by atoms with E-state index >= 15 is 0 Å². The number of aliphatic carboxylic acids is 1. The molecule has 1 saturated carbocycles. The number of nitrogens with one attached hydrogen (secondary N) is 1. The van der Waals surface area contributed by atoms with E-state index in [2.05, 4.69) is 5.32 Å². The zero-order chi connectivity index (χ0) is 15.5. The summed E-state index contributed by atoms with van der Waals surface area (Å²) in [6.07, 6.45) is 4.62. The van der Waals surface area contributed by atoms with Crippen LogP contribution in [0.2, 0.25) is 0 Å². The van der Waals surface area contributed by atoms with Crippen LogP contribution in [0, 0.1) is 0 Å². The number of carbonyl (C=O) groups excluding carboxylic acids is 1. The van der Waals surface area contributed by atoms with Gasteiger partial charge in [-0.3, -0.25) is 9.59 Å². The van der Waals surface area contributed by atoms with Gasteiger partial charge in [-0.25, -0.2) is 0 Å². The van der Waals surface area contributed by atoms with Gasteiger partial charge in [0.15, 0.2) is 0 Å². The standard InChI is InChI=1S/C15H26N2O4/c1-14(10-16-11-14)21-9-12(18)17(2)15(8-13(19)20)6-4-3-5-7-15/h16H,3-11H2,1-2H3,(H,19,20). The fourth-order valence-corrected chi connectivity index (χ4v) is 3.30. The molecule has 6 heteroatoms. The summed E-state index contributed by atoms with van der Waals surface area (Å²) in [5.41, 5.74) is -0.799. The molecular formula is C15H26N2O4. The second-order valence-electron chi connectivity index (χ2n) is 6.65. The summed E-state index contributed by atoms with van der Waals surface area (Å²) in [7, 11) is 1.72. The predicted molar refractivity (Wildman–Crippen MR) is 78.1 cm³/mol. The number of amides is 1. The number of hydrogen-bond donors (Lipinski definition) is 2. The minimum absolute atomic E-state index is 0.0219. The Bertz CT molecular complexity index is 400. The van der Waals surface area contributed by atoms with Crippen molar-refractivity contribution in [1.29, 1.82) is 0 Å². The Morgan fingerprint density at radius 2 is 1.86 bits per heavy atom. The van der Waals surface area contributed by atoms with Gasteiger partial charge in [0.25, 0.3) is 0 Å². The molecule has 1 amide bonds. The van der Waals surface area contributed by atoms with Crippen LogP contribution in [0.25, 0.3) is 0 Å². The Balaban J connectivity index is 1.97. The van der Waals surface area contributed by atoms with Crippen LogP contribution >= 0.6 is 0 Å². The highest BCUT2D eigenvalue weighted by atomic mass is 16.5. The second-order valence-corrected chi connectivity index (χ2v) is 6.65. The van der Waals surface area contributed by atoms with Crippen molar-refractivity contribution >= 4 is 11.9 Å². The molecule has 1 heterocycles. The van der Waals surface area contributed by atoms with E-state index in [4.69, 9.17) is 4.74 Å². The zero-order valence-electron chi connectivity index (χ0n) is 13.0. The molecule has 0 radical (unpaired) electrons. The highest BCUT2D eigenvalue weighted by Crippen LogP contribution is 2.36. The summed E-state index contributed by atoms with van der Waals surface area (Å²) in [6.45, 7) is 3.51. The summed E-state index contributed by atoms with van der Waals surface area (Å²) < 4.78 is 5.69. The maximum atomic E-state index is 12.4. The summed E-state index contributed by atoms with van der Waals surface area (Å²) in [5, 5.41) is 12.3. The van der Waals surface area contributed by atoms with Gasteiger partial charge in [-0.15, -0.1) is 0 Å². The van der Waals surface area contributed by atoms with E-state index in [0.717, 1.165) is 45.2 Å². The molecule has 0 atom stereocenters. The Labute approximate surface area is 125 Å². The van der Waals surface area contributed by atoms with E-state index in [9.17, 15) is 14.7 Å². The third kappa shape index (κ3) is 3.74. The average molecular weight is 298 g/mol. The van der Waals surface area contributed by atoms with E-state index in [0.29, 0.717) is 0 Å². The molecule has 1 aliphatic heterocycles. The van der Waals surface area contributed by atoms with Crippen LogP contribution in [0.4, 0.5) is 0 Å². The van der Waals surface area contributed by atoms with Crippen molar-refractivity contribution in [3.05, 3.63) is 0 Å². The normalized spacial score (nSPS) is 23.1. The van der Waals surface area contributed by atoms with Crippen LogP contribution in [0.3, 0.4) is 0 Å². The first-order valence-electron chi connectivity index (χ1n) is 7.70. The minimum atomic E-state index is -0.840. The number of hydrogen-bond acceptors (Lipinski definition) is 4. The molecule has 0 aromatic carbocycles. The Morgan fingerprint density at radius 1 is 1.24 bits per heavy atom. The number of carbonyl (C=O) groups is 2. The Hall–Kier alpha value is -1.14. The van der Waals surface area contributed by atoms with Crippen molar-refractivity contribution in [2.24, 2.45) is 0 Å². The summed E-state index contributed by atoms with van der Waals surface area (Å²) >= 11 is 0. The lowest BCUT2D eigenvalue weighted by Gasteiger charge is -2.45. The number of rotatable bonds is 6. The molecule has 6 nitrogen and oxygen atoms in total. The van der Waals surface area contributed by atoms with Gasteiger partial charge >= 0.3 is 5.97 Å². The van der Waals surface area contributed by atoms with Crippen molar-refractivity contribution in [3.8, 4) is 0 Å². The largest absolute Gasteiger partial charge is 0.481 e. The van der Waals surface area contributed by atoms with Crippen molar-refractivity contribution < 1.29 is 19.4 Å². The molecular weight excluding hydrogens is 272 g/mol. The molecule has 120 valence electrons. The average Bonchev–Trinajstić information content (AvgIpc) is 2.42. The van der Waals surface area contributed by atoms with E-state index in [1.54, 1.807) is 11.9 Å². The fourth-order valence-electron chi connectivity index (χ4n) is 3.30. The molecule has 0 bridgehead atoms. The van der Waals surface area contributed by atoms with Gasteiger partial charge in [0.2, 0.25) is 5.91 Å². The van der Waals surface area contributed by atoms with E-state index in [1.165, 1.54) is 0 Å². The predicted octanol–water partition coefficient (Wildman–Crippen LogP) is 1.00. The number of carboxylic acid groups (broad SMARTS) is 1.